The maximum absolute atomic E-state index is 12.2. The fraction of sp³-hybridized carbons (Fsp3) is 0.478. The van der Waals surface area contributed by atoms with Gasteiger partial charge in [-0.3, -0.25) is 19.2 Å². The van der Waals surface area contributed by atoms with Crippen LogP contribution in [-0.4, -0.2) is 69.7 Å². The minimum Gasteiger partial charge on any atom is -0.463 e. The first-order valence-electron chi connectivity index (χ1n) is 11.2. The molecular weight excluding hydrogens is 569 g/mol. The third-order valence-electron chi connectivity index (χ3n) is 5.18. The van der Waals surface area contributed by atoms with Gasteiger partial charge in [0.2, 0.25) is 0 Å². The first-order valence-corrected chi connectivity index (χ1v) is 12.3. The Kier molecular flexibility index (Phi) is 9.58. The van der Waals surface area contributed by atoms with E-state index < -0.39 is 61.0 Å². The summed E-state index contributed by atoms with van der Waals surface area (Å²) >= 11 is 18.9. The molecule has 0 N–H and O–H groups in total. The number of hydrogen-bond donors (Lipinski definition) is 0. The van der Waals surface area contributed by atoms with Crippen molar-refractivity contribution in [2.45, 2.75) is 65.1 Å². The van der Waals surface area contributed by atoms with Gasteiger partial charge in [-0.15, -0.1) is 0 Å². The second-order valence-electron chi connectivity index (χ2n) is 8.27. The van der Waals surface area contributed by atoms with Crippen LogP contribution in [0.4, 0.5) is 0 Å². The number of aryl methyl sites for hydroxylation is 1. The number of benzene rings is 1. The van der Waals surface area contributed by atoms with Crippen LogP contribution in [-0.2, 0) is 42.9 Å². The summed E-state index contributed by atoms with van der Waals surface area (Å²) in [7, 11) is 0. The van der Waals surface area contributed by atoms with Crippen LogP contribution in [0.1, 0.15) is 45.4 Å². The van der Waals surface area contributed by atoms with Gasteiger partial charge < -0.3 is 23.7 Å². The Morgan fingerprint density at radius 1 is 0.868 bits per heavy atom. The van der Waals surface area contributed by atoms with Crippen LogP contribution < -0.4 is 0 Å². The standard InChI is InChI=1S/C23H24Cl3N3O9/c1-9-27-23(29(28-9)18-15(25)6-14(24)7-16(18)26)22-21(37-13(5)33)20(36-12(4)32)19(35-11(3)31)17(38-22)8-34-10(2)30/h6-7,17,19-22H,8H2,1-5H3/t17-,19+,20+,21-,22-/m1/s1. The minimum atomic E-state index is -1.39. The molecule has 3 rings (SSSR count). The molecule has 2 aromatic rings. The van der Waals surface area contributed by atoms with Crippen molar-refractivity contribution in [1.29, 1.82) is 0 Å². The highest BCUT2D eigenvalue weighted by atomic mass is 35.5. The number of hydrogen-bond acceptors (Lipinski definition) is 11. The highest BCUT2D eigenvalue weighted by molar-refractivity contribution is 6.40. The van der Waals surface area contributed by atoms with Gasteiger partial charge in [0.1, 0.15) is 24.2 Å². The van der Waals surface area contributed by atoms with Gasteiger partial charge in [0, 0.05) is 32.7 Å². The van der Waals surface area contributed by atoms with Crippen molar-refractivity contribution in [3.05, 3.63) is 38.8 Å². The highest BCUT2D eigenvalue weighted by Crippen LogP contribution is 2.40. The molecule has 1 aromatic heterocycles. The monoisotopic (exact) mass is 591 g/mol. The molecule has 0 radical (unpaired) electrons. The first-order chi connectivity index (χ1) is 17.8. The van der Waals surface area contributed by atoms with E-state index in [1.807, 2.05) is 0 Å². The lowest BCUT2D eigenvalue weighted by Gasteiger charge is -2.44. The second kappa shape index (κ2) is 12.3. The normalized spacial score (nSPS) is 22.9. The van der Waals surface area contributed by atoms with Crippen LogP contribution in [0.3, 0.4) is 0 Å². The van der Waals surface area contributed by atoms with Crippen LogP contribution in [0.5, 0.6) is 0 Å². The average molecular weight is 593 g/mol. The van der Waals surface area contributed by atoms with Crippen molar-refractivity contribution in [1.82, 2.24) is 14.8 Å². The number of esters is 4. The molecule has 0 saturated carbocycles. The van der Waals surface area contributed by atoms with Crippen molar-refractivity contribution < 1.29 is 42.9 Å². The molecule has 15 heteroatoms. The molecular formula is C23H24Cl3N3O9. The van der Waals surface area contributed by atoms with Crippen LogP contribution in [0.15, 0.2) is 12.1 Å². The van der Waals surface area contributed by atoms with Gasteiger partial charge in [-0.1, -0.05) is 34.8 Å². The summed E-state index contributed by atoms with van der Waals surface area (Å²) in [5, 5.41) is 4.89. The summed E-state index contributed by atoms with van der Waals surface area (Å²) < 4.78 is 29.0. The van der Waals surface area contributed by atoms with E-state index in [4.69, 9.17) is 58.5 Å². The van der Waals surface area contributed by atoms with Crippen molar-refractivity contribution in [2.75, 3.05) is 6.61 Å². The van der Waals surface area contributed by atoms with Gasteiger partial charge in [0.15, 0.2) is 30.2 Å². The van der Waals surface area contributed by atoms with E-state index in [1.165, 1.54) is 23.7 Å². The van der Waals surface area contributed by atoms with Crippen LogP contribution in [0.25, 0.3) is 5.69 Å². The fourth-order valence-corrected chi connectivity index (χ4v) is 4.93. The van der Waals surface area contributed by atoms with E-state index >= 15 is 0 Å². The average Bonchev–Trinajstić information content (AvgIpc) is 3.14. The van der Waals surface area contributed by atoms with Gasteiger partial charge in [-0.05, 0) is 19.1 Å². The molecule has 0 bridgehead atoms. The molecule has 1 aliphatic rings. The SMILES string of the molecule is CC(=O)OC[C@H]1O[C@@H](c2nc(C)nn2-c2c(Cl)cc(Cl)cc2Cl)[C@H](OC(C)=O)[C@@H](OC(C)=O)[C@H]1OC(C)=O. The quantitative estimate of drug-likeness (QED) is 0.345. The Labute approximate surface area is 232 Å². The molecule has 12 nitrogen and oxygen atoms in total. The Morgan fingerprint density at radius 3 is 1.92 bits per heavy atom. The number of carbonyl (C=O) groups is 4. The molecule has 2 heterocycles. The number of ether oxygens (including phenoxy) is 5. The Hall–Kier alpha value is -2.93. The zero-order valence-corrected chi connectivity index (χ0v) is 23.2. The lowest BCUT2D eigenvalue weighted by Crippen LogP contribution is -2.59. The number of rotatable bonds is 7. The molecule has 0 unspecified atom stereocenters. The topological polar surface area (TPSA) is 145 Å². The smallest absolute Gasteiger partial charge is 0.303 e. The number of halogens is 3. The molecule has 1 aromatic carbocycles. The summed E-state index contributed by atoms with van der Waals surface area (Å²) in [6.45, 7) is 5.76. The van der Waals surface area contributed by atoms with E-state index in [2.05, 4.69) is 10.1 Å². The third-order valence-corrected chi connectivity index (χ3v) is 5.97. The molecule has 0 amide bonds. The zero-order chi connectivity index (χ0) is 28.3. The Morgan fingerprint density at radius 2 is 1.39 bits per heavy atom. The summed E-state index contributed by atoms with van der Waals surface area (Å²) in [4.78, 5) is 52.2. The minimum absolute atomic E-state index is 0.0473. The van der Waals surface area contributed by atoms with Gasteiger partial charge in [0.25, 0.3) is 0 Å². The summed E-state index contributed by atoms with van der Waals surface area (Å²) in [5.74, 6) is -2.61. The predicted octanol–water partition coefficient (Wildman–Crippen LogP) is 3.33. The van der Waals surface area contributed by atoms with E-state index in [0.29, 0.717) is 0 Å². The lowest BCUT2D eigenvalue weighted by atomic mass is 9.93. The van der Waals surface area contributed by atoms with E-state index in [1.54, 1.807) is 6.92 Å². The van der Waals surface area contributed by atoms with Gasteiger partial charge in [-0.2, -0.15) is 5.10 Å². The van der Waals surface area contributed by atoms with Crippen molar-refractivity contribution in [3.63, 3.8) is 0 Å². The van der Waals surface area contributed by atoms with Gasteiger partial charge in [0.05, 0.1) is 10.0 Å². The number of nitrogens with zero attached hydrogens (tertiary/aromatic N) is 3. The summed E-state index contributed by atoms with van der Waals surface area (Å²) in [5.41, 5.74) is 0.196. The van der Waals surface area contributed by atoms with Gasteiger partial charge >= 0.3 is 23.9 Å². The van der Waals surface area contributed by atoms with Crippen LogP contribution in [0.2, 0.25) is 15.1 Å². The summed E-state index contributed by atoms with van der Waals surface area (Å²) in [6.07, 6.45) is -6.57. The van der Waals surface area contributed by atoms with Gasteiger partial charge in [-0.25, -0.2) is 9.67 Å². The second-order valence-corrected chi connectivity index (χ2v) is 9.52. The third kappa shape index (κ3) is 6.93. The Bertz CT molecular complexity index is 1230. The largest absolute Gasteiger partial charge is 0.463 e. The molecule has 38 heavy (non-hydrogen) atoms. The summed E-state index contributed by atoms with van der Waals surface area (Å²) in [6, 6.07) is 2.89. The highest BCUT2D eigenvalue weighted by Gasteiger charge is 2.54. The molecule has 1 fully saturated rings. The van der Waals surface area contributed by atoms with Crippen molar-refractivity contribution in [3.8, 4) is 5.69 Å². The Balaban J connectivity index is 2.22. The number of aromatic nitrogens is 3. The number of carbonyl (C=O) groups excluding carboxylic acids is 4. The van der Waals surface area contributed by atoms with Crippen molar-refractivity contribution >= 4 is 58.7 Å². The molecule has 1 aliphatic heterocycles. The molecule has 0 aliphatic carbocycles. The maximum Gasteiger partial charge on any atom is 0.303 e. The zero-order valence-electron chi connectivity index (χ0n) is 20.9. The lowest BCUT2D eigenvalue weighted by molar-refractivity contribution is -0.256. The first kappa shape index (κ1) is 29.6. The van der Waals surface area contributed by atoms with E-state index in [-0.39, 0.29) is 32.4 Å². The predicted molar refractivity (Wildman–Crippen MR) is 132 cm³/mol. The molecule has 1 saturated heterocycles. The molecule has 5 atom stereocenters. The maximum atomic E-state index is 12.2. The molecule has 0 spiro atoms. The van der Waals surface area contributed by atoms with Crippen molar-refractivity contribution in [2.24, 2.45) is 0 Å². The fourth-order valence-electron chi connectivity index (χ4n) is 3.95. The van der Waals surface area contributed by atoms with E-state index in [0.717, 1.165) is 20.8 Å². The van der Waals surface area contributed by atoms with Crippen LogP contribution >= 0.6 is 34.8 Å². The molecule has 206 valence electrons. The van der Waals surface area contributed by atoms with Crippen LogP contribution in [0, 0.1) is 6.92 Å². The van der Waals surface area contributed by atoms with E-state index in [9.17, 15) is 19.2 Å².